The van der Waals surface area contributed by atoms with Crippen LogP contribution in [0.1, 0.15) is 40.5 Å². The lowest BCUT2D eigenvalue weighted by Gasteiger charge is -2.22. The van der Waals surface area contributed by atoms with Crippen molar-refractivity contribution in [3.63, 3.8) is 0 Å². The number of nitrogens with one attached hydrogen (secondary N) is 2. The Balaban J connectivity index is 3.85. The molecule has 0 saturated carbocycles. The van der Waals surface area contributed by atoms with E-state index in [0.717, 1.165) is 0 Å². The Kier molecular flexibility index (Phi) is 8.94. The van der Waals surface area contributed by atoms with Gasteiger partial charge in [0, 0.05) is 19.5 Å². The zero-order valence-electron chi connectivity index (χ0n) is 14.2. The van der Waals surface area contributed by atoms with E-state index < -0.39 is 23.7 Å². The molecule has 0 saturated heterocycles. The third-order valence-electron chi connectivity index (χ3n) is 2.38. The number of hydrogen-bond acceptors (Lipinski definition) is 6. The Morgan fingerprint density at radius 2 is 1.74 bits per heavy atom. The molecule has 0 aliphatic rings. The van der Waals surface area contributed by atoms with Crippen LogP contribution in [0.2, 0.25) is 0 Å². The molecule has 0 aromatic rings. The van der Waals surface area contributed by atoms with Gasteiger partial charge in [-0.25, -0.2) is 4.79 Å². The van der Waals surface area contributed by atoms with Gasteiger partial charge in [0.2, 0.25) is 5.91 Å². The zero-order chi connectivity index (χ0) is 18.0. The Morgan fingerprint density at radius 3 is 2.26 bits per heavy atom. The number of esters is 1. The van der Waals surface area contributed by atoms with Crippen molar-refractivity contribution in [3.05, 3.63) is 12.3 Å². The number of alkyl carbamates (subject to hydrolysis) is 1. The minimum absolute atomic E-state index is 0.0939. The summed E-state index contributed by atoms with van der Waals surface area (Å²) in [6, 6.07) is -0.844. The van der Waals surface area contributed by atoms with Gasteiger partial charge in [0.05, 0.1) is 5.76 Å². The summed E-state index contributed by atoms with van der Waals surface area (Å²) in [6.45, 7) is 10.7. The van der Waals surface area contributed by atoms with Crippen molar-refractivity contribution in [2.45, 2.75) is 52.2 Å². The second-order valence-electron chi connectivity index (χ2n) is 6.05. The van der Waals surface area contributed by atoms with Crippen LogP contribution in [0.15, 0.2) is 12.3 Å². The monoisotopic (exact) mass is 329 g/mol. The number of rotatable bonds is 8. The molecule has 0 heterocycles. The number of hydrogen-bond donors (Lipinski definition) is 3. The van der Waals surface area contributed by atoms with Gasteiger partial charge in [-0.2, -0.15) is 0 Å². The first kappa shape index (κ1) is 20.9. The summed E-state index contributed by atoms with van der Waals surface area (Å²) in [5.74, 6) is -0.517. The van der Waals surface area contributed by atoms with Crippen molar-refractivity contribution in [3.8, 4) is 0 Å². The van der Waals surface area contributed by atoms with Crippen molar-refractivity contribution in [2.24, 2.45) is 5.73 Å². The van der Waals surface area contributed by atoms with Crippen molar-refractivity contribution < 1.29 is 23.9 Å². The summed E-state index contributed by atoms with van der Waals surface area (Å²) in [6.07, 6.45) is -0.346. The maximum atomic E-state index is 11.6. The first-order valence-electron chi connectivity index (χ1n) is 7.37. The summed E-state index contributed by atoms with van der Waals surface area (Å²) in [7, 11) is 0. The molecule has 132 valence electrons. The summed E-state index contributed by atoms with van der Waals surface area (Å²) in [4.78, 5) is 34.4. The van der Waals surface area contributed by atoms with E-state index in [-0.39, 0.29) is 37.6 Å². The number of nitrogens with two attached hydrogens (primary N) is 1. The molecule has 1 atom stereocenters. The average Bonchev–Trinajstić information content (AvgIpc) is 2.38. The van der Waals surface area contributed by atoms with E-state index in [0.29, 0.717) is 0 Å². The fourth-order valence-corrected chi connectivity index (χ4v) is 1.43. The molecule has 0 unspecified atom stereocenters. The van der Waals surface area contributed by atoms with E-state index >= 15 is 0 Å². The molecule has 4 N–H and O–H groups in total. The van der Waals surface area contributed by atoms with Crippen LogP contribution in [0.25, 0.3) is 0 Å². The van der Waals surface area contributed by atoms with Gasteiger partial charge in [-0.15, -0.1) is 0 Å². The van der Waals surface area contributed by atoms with Crippen LogP contribution >= 0.6 is 0 Å². The number of carbonyl (C=O) groups excluding carboxylic acids is 3. The molecule has 0 bridgehead atoms. The highest BCUT2D eigenvalue weighted by molar-refractivity contribution is 5.79. The molecule has 0 spiro atoms. The summed E-state index contributed by atoms with van der Waals surface area (Å²) in [5, 5.41) is 5.04. The minimum Gasteiger partial charge on any atom is -0.459 e. The lowest BCUT2D eigenvalue weighted by Crippen LogP contribution is -2.39. The van der Waals surface area contributed by atoms with Crippen molar-refractivity contribution in [2.75, 3.05) is 13.1 Å². The molecule has 0 aliphatic carbocycles. The van der Waals surface area contributed by atoms with Crippen LogP contribution in [-0.4, -0.2) is 42.7 Å². The van der Waals surface area contributed by atoms with E-state index in [1.807, 2.05) is 0 Å². The van der Waals surface area contributed by atoms with Crippen LogP contribution in [0.5, 0.6) is 0 Å². The molecule has 0 fully saturated rings. The highest BCUT2D eigenvalue weighted by Crippen LogP contribution is 2.09. The van der Waals surface area contributed by atoms with Gasteiger partial charge in [-0.3, -0.25) is 9.59 Å². The van der Waals surface area contributed by atoms with Crippen LogP contribution in [0.4, 0.5) is 4.79 Å². The van der Waals surface area contributed by atoms with Crippen LogP contribution in [-0.2, 0) is 19.1 Å². The van der Waals surface area contributed by atoms with Gasteiger partial charge in [0.25, 0.3) is 0 Å². The highest BCUT2D eigenvalue weighted by Gasteiger charge is 2.22. The van der Waals surface area contributed by atoms with Crippen molar-refractivity contribution >= 4 is 18.0 Å². The predicted molar refractivity (Wildman–Crippen MR) is 85.4 cm³/mol. The predicted octanol–water partition coefficient (Wildman–Crippen LogP) is 0.812. The lowest BCUT2D eigenvalue weighted by molar-refractivity contribution is -0.156. The van der Waals surface area contributed by atoms with E-state index in [9.17, 15) is 14.4 Å². The molecule has 0 aromatic carbocycles. The number of allylic oxidation sites excluding steroid dienone is 1. The molecule has 0 aromatic heterocycles. The molecule has 23 heavy (non-hydrogen) atoms. The third-order valence-corrected chi connectivity index (χ3v) is 2.38. The van der Waals surface area contributed by atoms with Crippen molar-refractivity contribution in [1.29, 1.82) is 0 Å². The number of amides is 2. The van der Waals surface area contributed by atoms with Gasteiger partial charge in [-0.1, -0.05) is 6.58 Å². The average molecular weight is 329 g/mol. The first-order valence-corrected chi connectivity index (χ1v) is 7.37. The van der Waals surface area contributed by atoms with Gasteiger partial charge < -0.3 is 25.8 Å². The fourth-order valence-electron chi connectivity index (χ4n) is 1.43. The first-order chi connectivity index (χ1) is 10.5. The maximum Gasteiger partial charge on any atom is 0.412 e. The number of ether oxygens (including phenoxy) is 2. The molecular formula is C15H27N3O5. The van der Waals surface area contributed by atoms with E-state index in [1.54, 1.807) is 27.7 Å². The third kappa shape index (κ3) is 12.2. The molecule has 8 nitrogen and oxygen atoms in total. The smallest absolute Gasteiger partial charge is 0.412 e. The minimum atomic E-state index is -0.844. The second-order valence-corrected chi connectivity index (χ2v) is 6.05. The van der Waals surface area contributed by atoms with Gasteiger partial charge in [-0.05, 0) is 34.1 Å². The zero-order valence-corrected chi connectivity index (χ0v) is 14.2. The second kappa shape index (κ2) is 9.83. The molecule has 0 aliphatic heterocycles. The molecule has 2 amide bonds. The van der Waals surface area contributed by atoms with Crippen LogP contribution < -0.4 is 16.4 Å². The maximum absolute atomic E-state index is 11.6. The molecular weight excluding hydrogens is 302 g/mol. The van der Waals surface area contributed by atoms with Crippen LogP contribution in [0, 0.1) is 0 Å². The quantitative estimate of drug-likeness (QED) is 0.344. The van der Waals surface area contributed by atoms with E-state index in [2.05, 4.69) is 21.9 Å². The molecule has 0 rings (SSSR count). The van der Waals surface area contributed by atoms with Crippen LogP contribution in [0.3, 0.4) is 0 Å². The van der Waals surface area contributed by atoms with Gasteiger partial charge in [0.1, 0.15) is 11.6 Å². The topological polar surface area (TPSA) is 120 Å². The normalized spacial score (nSPS) is 12.0. The van der Waals surface area contributed by atoms with E-state index in [1.165, 1.54) is 0 Å². The highest BCUT2D eigenvalue weighted by atomic mass is 16.6. The fraction of sp³-hybridized carbons (Fsp3) is 0.667. The van der Waals surface area contributed by atoms with Gasteiger partial charge in [0.15, 0.2) is 0 Å². The summed E-state index contributed by atoms with van der Waals surface area (Å²) in [5.41, 5.74) is 5.07. The Morgan fingerprint density at radius 1 is 1.17 bits per heavy atom. The Labute approximate surface area is 136 Å². The Bertz CT molecular complexity index is 443. The Hall–Kier alpha value is -2.09. The SMILES string of the molecule is C=C(C)OC(=O)NCCNC(=O)CC[C@H](N)C(=O)OC(C)(C)C. The standard InChI is InChI=1S/C15H27N3O5/c1-10(2)22-14(21)18-9-8-17-12(19)7-6-11(16)13(20)23-15(3,4)5/h11H,1,6-9,16H2,2-5H3,(H,17,19)(H,18,21)/t11-/m0/s1. The largest absolute Gasteiger partial charge is 0.459 e. The van der Waals surface area contributed by atoms with Crippen molar-refractivity contribution in [1.82, 2.24) is 10.6 Å². The van der Waals surface area contributed by atoms with E-state index in [4.69, 9.17) is 10.5 Å². The lowest BCUT2D eigenvalue weighted by atomic mass is 10.1. The number of carbonyl (C=O) groups is 3. The molecule has 0 radical (unpaired) electrons. The summed E-state index contributed by atoms with van der Waals surface area (Å²) >= 11 is 0. The molecule has 8 heteroatoms. The van der Waals surface area contributed by atoms with Gasteiger partial charge >= 0.3 is 12.1 Å². The summed E-state index contributed by atoms with van der Waals surface area (Å²) < 4.78 is 9.80.